The van der Waals surface area contributed by atoms with Gasteiger partial charge in [-0.2, -0.15) is 0 Å². The number of aromatic nitrogens is 2. The molecule has 0 saturated carbocycles. The molecule has 0 saturated heterocycles. The molecule has 0 bridgehead atoms. The van der Waals surface area contributed by atoms with Crippen molar-refractivity contribution >= 4 is 22.5 Å². The minimum absolute atomic E-state index is 0.0175. The van der Waals surface area contributed by atoms with Crippen molar-refractivity contribution in [2.75, 3.05) is 5.73 Å². The maximum Gasteiger partial charge on any atom is 0.225 e. The number of fused-ring (bicyclic) bond motifs is 1. The van der Waals surface area contributed by atoms with E-state index in [9.17, 15) is 22.4 Å². The van der Waals surface area contributed by atoms with Gasteiger partial charge in [-0.1, -0.05) is 12.1 Å². The van der Waals surface area contributed by atoms with E-state index in [4.69, 9.17) is 5.73 Å². The number of hydrogen-bond acceptors (Lipinski definition) is 3. The Morgan fingerprint density at radius 3 is 2.50 bits per heavy atom. The van der Waals surface area contributed by atoms with E-state index >= 15 is 0 Å². The molecule has 9 heteroatoms. The number of nitrogen functional groups attached to an aromatic ring is 1. The van der Waals surface area contributed by atoms with Gasteiger partial charge in [0.05, 0.1) is 23.8 Å². The van der Waals surface area contributed by atoms with Crippen molar-refractivity contribution < 1.29 is 22.4 Å². The van der Waals surface area contributed by atoms with Gasteiger partial charge < -0.3 is 16.0 Å². The number of aromatic amines is 1. The normalized spacial score (nSPS) is 12.0. The molecule has 38 heavy (non-hydrogen) atoms. The van der Waals surface area contributed by atoms with E-state index in [2.05, 4.69) is 15.3 Å². The summed E-state index contributed by atoms with van der Waals surface area (Å²) in [6.07, 6.45) is 3.10. The van der Waals surface area contributed by atoms with Gasteiger partial charge in [0.2, 0.25) is 5.91 Å². The van der Waals surface area contributed by atoms with E-state index in [1.165, 1.54) is 48.7 Å². The first-order valence-electron chi connectivity index (χ1n) is 11.8. The lowest BCUT2D eigenvalue weighted by molar-refractivity contribution is -0.121. The summed E-state index contributed by atoms with van der Waals surface area (Å²) in [5, 5.41) is 3.49. The number of hydrogen-bond donors (Lipinski definition) is 3. The zero-order chi connectivity index (χ0) is 26.8. The lowest BCUT2D eigenvalue weighted by Crippen LogP contribution is -2.32. The zero-order valence-corrected chi connectivity index (χ0v) is 19.9. The van der Waals surface area contributed by atoms with Crippen LogP contribution in [0.2, 0.25) is 0 Å². The molecule has 5 nitrogen and oxygen atoms in total. The number of pyridine rings is 1. The molecule has 0 spiro atoms. The monoisotopic (exact) mass is 518 g/mol. The van der Waals surface area contributed by atoms with Crippen LogP contribution in [0, 0.1) is 23.3 Å². The van der Waals surface area contributed by atoms with E-state index in [1.807, 2.05) is 0 Å². The molecule has 1 atom stereocenters. The molecule has 0 aliphatic rings. The van der Waals surface area contributed by atoms with Gasteiger partial charge in [-0.25, -0.2) is 17.6 Å². The fraction of sp³-hybridized carbons (Fsp3) is 0.103. The highest BCUT2D eigenvalue weighted by Crippen LogP contribution is 2.31. The Kier molecular flexibility index (Phi) is 6.83. The van der Waals surface area contributed by atoms with Crippen molar-refractivity contribution in [2.24, 2.45) is 0 Å². The highest BCUT2D eigenvalue weighted by atomic mass is 19.1. The van der Waals surface area contributed by atoms with Gasteiger partial charge in [-0.3, -0.25) is 9.78 Å². The summed E-state index contributed by atoms with van der Waals surface area (Å²) in [4.78, 5) is 20.7. The zero-order valence-electron chi connectivity index (χ0n) is 19.9. The molecule has 0 radical (unpaired) electrons. The largest absolute Gasteiger partial charge is 0.396 e. The lowest BCUT2D eigenvalue weighted by Gasteiger charge is -2.22. The smallest absolute Gasteiger partial charge is 0.225 e. The van der Waals surface area contributed by atoms with Crippen molar-refractivity contribution in [2.45, 2.75) is 18.9 Å². The Bertz CT molecular complexity index is 1630. The summed E-state index contributed by atoms with van der Waals surface area (Å²) >= 11 is 0. The molecule has 3 aromatic carbocycles. The van der Waals surface area contributed by atoms with Gasteiger partial charge in [0, 0.05) is 34.9 Å². The van der Waals surface area contributed by atoms with E-state index in [1.54, 1.807) is 24.4 Å². The van der Waals surface area contributed by atoms with Gasteiger partial charge in [0.25, 0.3) is 0 Å². The van der Waals surface area contributed by atoms with Crippen LogP contribution >= 0.6 is 0 Å². The number of H-pyrrole nitrogens is 1. The number of anilines is 1. The first-order valence-corrected chi connectivity index (χ1v) is 11.8. The topological polar surface area (TPSA) is 83.8 Å². The molecule has 192 valence electrons. The minimum atomic E-state index is -0.812. The second kappa shape index (κ2) is 10.4. The predicted molar refractivity (Wildman–Crippen MR) is 137 cm³/mol. The molecule has 2 aromatic heterocycles. The first kappa shape index (κ1) is 25.0. The van der Waals surface area contributed by atoms with Crippen LogP contribution in [-0.2, 0) is 17.6 Å². The molecular formula is C29H22F4N4O. The van der Waals surface area contributed by atoms with Crippen LogP contribution in [0.15, 0.2) is 79.1 Å². The third-order valence-corrected chi connectivity index (χ3v) is 6.25. The van der Waals surface area contributed by atoms with Gasteiger partial charge in [0.15, 0.2) is 0 Å². The van der Waals surface area contributed by atoms with Crippen LogP contribution in [0.3, 0.4) is 0 Å². The van der Waals surface area contributed by atoms with Gasteiger partial charge in [0.1, 0.15) is 23.3 Å². The van der Waals surface area contributed by atoms with Gasteiger partial charge in [-0.05, 0) is 71.6 Å². The van der Waals surface area contributed by atoms with Crippen molar-refractivity contribution in [3.05, 3.63) is 119 Å². The van der Waals surface area contributed by atoms with E-state index in [0.717, 1.165) is 6.07 Å². The van der Waals surface area contributed by atoms with E-state index in [-0.39, 0.29) is 18.5 Å². The number of carbonyl (C=O) groups excluding carboxylic acids is 1. The van der Waals surface area contributed by atoms with Crippen LogP contribution in [0.4, 0.5) is 23.2 Å². The van der Waals surface area contributed by atoms with Crippen LogP contribution in [0.5, 0.6) is 0 Å². The highest BCUT2D eigenvalue weighted by molar-refractivity contribution is 5.89. The number of rotatable bonds is 7. The summed E-state index contributed by atoms with van der Waals surface area (Å²) in [5.41, 5.74) is 8.81. The molecule has 2 heterocycles. The Morgan fingerprint density at radius 2 is 1.74 bits per heavy atom. The third-order valence-electron chi connectivity index (χ3n) is 6.25. The average Bonchev–Trinajstić information content (AvgIpc) is 3.26. The highest BCUT2D eigenvalue weighted by Gasteiger charge is 2.22. The van der Waals surface area contributed by atoms with Crippen molar-refractivity contribution in [3.63, 3.8) is 0 Å². The SMILES string of the molecule is Nc1cc(-c2cccnc2C(Cc2cc(F)cc(F)c2)NC(=O)Cc2c[nH]c3ccc(F)cc23)ccc1F. The minimum Gasteiger partial charge on any atom is -0.396 e. The summed E-state index contributed by atoms with van der Waals surface area (Å²) < 4.78 is 55.6. The number of nitrogens with two attached hydrogens (primary N) is 1. The number of amides is 1. The van der Waals surface area contributed by atoms with Crippen molar-refractivity contribution in [3.8, 4) is 11.1 Å². The third kappa shape index (κ3) is 5.36. The van der Waals surface area contributed by atoms with Gasteiger partial charge >= 0.3 is 0 Å². The number of carbonyl (C=O) groups is 1. The Balaban J connectivity index is 1.51. The summed E-state index contributed by atoms with van der Waals surface area (Å²) in [6, 6.07) is 14.2. The maximum atomic E-state index is 14.0. The molecule has 0 aliphatic heterocycles. The molecule has 0 aliphatic carbocycles. The standard InChI is InChI=1S/C29H22F4N4O/c30-19-4-6-26-23(14-19)18(15-36-26)12-28(38)37-27(10-16-8-20(31)13-21(32)9-16)29-22(2-1-7-35-29)17-3-5-24(33)25(34)11-17/h1-9,11,13-15,27,36H,10,12,34H2,(H,37,38). The molecule has 5 aromatic rings. The van der Waals surface area contributed by atoms with Crippen molar-refractivity contribution in [1.82, 2.24) is 15.3 Å². The quantitative estimate of drug-likeness (QED) is 0.182. The molecular weight excluding hydrogens is 496 g/mol. The average molecular weight is 519 g/mol. The molecule has 5 rings (SSSR count). The summed E-state index contributed by atoms with van der Waals surface area (Å²) in [6.45, 7) is 0. The second-order valence-electron chi connectivity index (χ2n) is 8.96. The number of nitrogens with one attached hydrogen (secondary N) is 2. The van der Waals surface area contributed by atoms with Crippen LogP contribution < -0.4 is 11.1 Å². The second-order valence-corrected chi connectivity index (χ2v) is 8.96. The predicted octanol–water partition coefficient (Wildman–Crippen LogP) is 6.01. The van der Waals surface area contributed by atoms with E-state index in [0.29, 0.717) is 38.9 Å². The Morgan fingerprint density at radius 1 is 0.947 bits per heavy atom. The lowest BCUT2D eigenvalue weighted by atomic mass is 9.95. The fourth-order valence-electron chi connectivity index (χ4n) is 4.55. The van der Waals surface area contributed by atoms with Crippen LogP contribution in [0.25, 0.3) is 22.0 Å². The van der Waals surface area contributed by atoms with E-state index < -0.39 is 35.2 Å². The summed E-state index contributed by atoms with van der Waals surface area (Å²) in [5.74, 6) is -2.92. The van der Waals surface area contributed by atoms with Crippen molar-refractivity contribution in [1.29, 1.82) is 0 Å². The Hall–Kier alpha value is -4.66. The van der Waals surface area contributed by atoms with Crippen LogP contribution in [-0.4, -0.2) is 15.9 Å². The molecule has 1 unspecified atom stereocenters. The first-order chi connectivity index (χ1) is 18.3. The fourth-order valence-corrected chi connectivity index (χ4v) is 4.55. The number of benzene rings is 3. The number of nitrogens with zero attached hydrogens (tertiary/aromatic N) is 1. The van der Waals surface area contributed by atoms with Gasteiger partial charge in [-0.15, -0.1) is 0 Å². The van der Waals surface area contributed by atoms with Crippen LogP contribution in [0.1, 0.15) is 22.9 Å². The summed E-state index contributed by atoms with van der Waals surface area (Å²) in [7, 11) is 0. The molecule has 0 fully saturated rings. The Labute approximate surface area is 215 Å². The maximum absolute atomic E-state index is 14.0. The molecule has 1 amide bonds. The number of halogens is 4. The molecule has 4 N–H and O–H groups in total.